The summed E-state index contributed by atoms with van der Waals surface area (Å²) in [7, 11) is 3.30. The number of fused-ring (bicyclic) bond motifs is 1. The number of aromatic nitrogens is 2. The molecule has 1 amide bonds. The lowest BCUT2D eigenvalue weighted by Gasteiger charge is -2.32. The van der Waals surface area contributed by atoms with Crippen LogP contribution in [0.1, 0.15) is 24.2 Å². The molecular formula is C29H32N4O3. The number of methoxy groups -OCH3 is 2. The summed E-state index contributed by atoms with van der Waals surface area (Å²) in [5.74, 6) is 2.49. The Morgan fingerprint density at radius 2 is 1.75 bits per heavy atom. The van der Waals surface area contributed by atoms with Crippen LogP contribution < -0.4 is 14.8 Å². The van der Waals surface area contributed by atoms with Crippen LogP contribution in [0.3, 0.4) is 0 Å². The van der Waals surface area contributed by atoms with E-state index in [1.165, 1.54) is 5.56 Å². The third kappa shape index (κ3) is 5.21. The molecular weight excluding hydrogens is 452 g/mol. The number of benzene rings is 3. The molecule has 5 rings (SSSR count). The average molecular weight is 485 g/mol. The van der Waals surface area contributed by atoms with E-state index in [4.69, 9.17) is 14.5 Å². The summed E-state index contributed by atoms with van der Waals surface area (Å²) < 4.78 is 13.0. The number of amides is 1. The molecule has 2 heterocycles. The molecule has 7 heteroatoms. The van der Waals surface area contributed by atoms with Crippen molar-refractivity contribution in [3.05, 3.63) is 84.2 Å². The zero-order valence-corrected chi connectivity index (χ0v) is 20.8. The van der Waals surface area contributed by atoms with E-state index in [9.17, 15) is 4.79 Å². The number of para-hydroxylation sites is 4. The first-order valence-electron chi connectivity index (χ1n) is 12.4. The predicted molar refractivity (Wildman–Crippen MR) is 141 cm³/mol. The van der Waals surface area contributed by atoms with Gasteiger partial charge in [0.25, 0.3) is 0 Å². The van der Waals surface area contributed by atoms with Gasteiger partial charge in [0, 0.05) is 13.1 Å². The van der Waals surface area contributed by atoms with Gasteiger partial charge in [-0.1, -0.05) is 36.4 Å². The van der Waals surface area contributed by atoms with Crippen molar-refractivity contribution in [3.8, 4) is 11.5 Å². The molecule has 186 valence electrons. The molecule has 1 aliphatic heterocycles. The van der Waals surface area contributed by atoms with Gasteiger partial charge in [0.2, 0.25) is 5.91 Å². The molecule has 1 fully saturated rings. The summed E-state index contributed by atoms with van der Waals surface area (Å²) in [6, 6.07) is 24.0. The van der Waals surface area contributed by atoms with Crippen LogP contribution in [0.15, 0.2) is 72.8 Å². The zero-order chi connectivity index (χ0) is 24.9. The van der Waals surface area contributed by atoms with Gasteiger partial charge >= 0.3 is 0 Å². The van der Waals surface area contributed by atoms with Crippen molar-refractivity contribution in [1.82, 2.24) is 14.5 Å². The first-order valence-corrected chi connectivity index (χ1v) is 12.4. The molecule has 0 radical (unpaired) electrons. The number of piperidine rings is 1. The summed E-state index contributed by atoms with van der Waals surface area (Å²) in [4.78, 5) is 20.4. The number of nitrogens with one attached hydrogen (secondary N) is 1. The Hall–Kier alpha value is -3.84. The summed E-state index contributed by atoms with van der Waals surface area (Å²) in [5.41, 5.74) is 4.01. The Balaban J connectivity index is 1.33. The van der Waals surface area contributed by atoms with Crippen molar-refractivity contribution in [1.29, 1.82) is 0 Å². The fourth-order valence-electron chi connectivity index (χ4n) is 4.93. The first kappa shape index (κ1) is 23.9. The molecule has 36 heavy (non-hydrogen) atoms. The smallest absolute Gasteiger partial charge is 0.228 e. The largest absolute Gasteiger partial charge is 0.497 e. The normalized spacial score (nSPS) is 16.1. The number of hydrogen-bond acceptors (Lipinski definition) is 5. The zero-order valence-electron chi connectivity index (χ0n) is 20.8. The van der Waals surface area contributed by atoms with E-state index in [-0.39, 0.29) is 11.8 Å². The van der Waals surface area contributed by atoms with E-state index in [0.29, 0.717) is 24.5 Å². The van der Waals surface area contributed by atoms with Gasteiger partial charge in [-0.15, -0.1) is 0 Å². The lowest BCUT2D eigenvalue weighted by molar-refractivity contribution is -0.121. The fourth-order valence-corrected chi connectivity index (χ4v) is 4.93. The molecule has 0 bridgehead atoms. The lowest BCUT2D eigenvalue weighted by atomic mass is 9.97. The molecule has 3 aromatic carbocycles. The van der Waals surface area contributed by atoms with Crippen LogP contribution in [0.5, 0.6) is 11.5 Å². The number of hydrogen-bond donors (Lipinski definition) is 1. The Morgan fingerprint density at radius 3 is 2.56 bits per heavy atom. The average Bonchev–Trinajstić information content (AvgIpc) is 3.26. The monoisotopic (exact) mass is 484 g/mol. The van der Waals surface area contributed by atoms with Crippen LogP contribution in [0.25, 0.3) is 11.0 Å². The summed E-state index contributed by atoms with van der Waals surface area (Å²) in [6.07, 6.45) is 1.85. The highest BCUT2D eigenvalue weighted by Crippen LogP contribution is 2.27. The van der Waals surface area contributed by atoms with Crippen molar-refractivity contribution in [3.63, 3.8) is 0 Å². The molecule has 4 aromatic rings. The second-order valence-corrected chi connectivity index (χ2v) is 9.21. The molecule has 0 unspecified atom stereocenters. The number of nitrogens with zero attached hydrogens (tertiary/aromatic N) is 3. The minimum absolute atomic E-state index is 0.0379. The van der Waals surface area contributed by atoms with Crippen LogP contribution >= 0.6 is 0 Å². The van der Waals surface area contributed by atoms with Crippen molar-refractivity contribution in [2.24, 2.45) is 5.92 Å². The van der Waals surface area contributed by atoms with Crippen molar-refractivity contribution < 1.29 is 14.3 Å². The predicted octanol–water partition coefficient (Wildman–Crippen LogP) is 4.95. The Kier molecular flexibility index (Phi) is 7.18. The number of imidazole rings is 1. The maximum Gasteiger partial charge on any atom is 0.228 e. The van der Waals surface area contributed by atoms with Crippen LogP contribution in [0, 0.1) is 5.92 Å². The van der Waals surface area contributed by atoms with Gasteiger partial charge < -0.3 is 19.4 Å². The Morgan fingerprint density at radius 1 is 0.972 bits per heavy atom. The number of carbonyl (C=O) groups excluding carboxylic acids is 1. The van der Waals surface area contributed by atoms with Crippen LogP contribution in [0.2, 0.25) is 0 Å². The van der Waals surface area contributed by atoms with E-state index < -0.39 is 0 Å². The number of likely N-dealkylation sites (tertiary alicyclic amines) is 1. The Labute approximate surface area is 211 Å². The van der Waals surface area contributed by atoms with Crippen molar-refractivity contribution in [2.45, 2.75) is 25.9 Å². The number of ether oxygens (including phenoxy) is 2. The quantitative estimate of drug-likeness (QED) is 0.383. The third-order valence-corrected chi connectivity index (χ3v) is 6.84. The molecule has 1 aliphatic rings. The highest BCUT2D eigenvalue weighted by atomic mass is 16.5. The fraction of sp³-hybridized carbons (Fsp3) is 0.310. The minimum Gasteiger partial charge on any atom is -0.497 e. The number of rotatable bonds is 8. The number of carbonyl (C=O) groups is 1. The molecule has 1 aromatic heterocycles. The molecule has 0 saturated carbocycles. The van der Waals surface area contributed by atoms with E-state index in [2.05, 4.69) is 45.1 Å². The second kappa shape index (κ2) is 10.8. The minimum atomic E-state index is -0.0805. The first-order chi connectivity index (χ1) is 17.6. The second-order valence-electron chi connectivity index (χ2n) is 9.21. The topological polar surface area (TPSA) is 68.6 Å². The number of anilines is 1. The highest BCUT2D eigenvalue weighted by Gasteiger charge is 2.27. The van der Waals surface area contributed by atoms with Crippen molar-refractivity contribution in [2.75, 3.05) is 32.6 Å². The van der Waals surface area contributed by atoms with E-state index >= 15 is 0 Å². The highest BCUT2D eigenvalue weighted by molar-refractivity contribution is 5.94. The van der Waals surface area contributed by atoms with Gasteiger partial charge in [-0.3, -0.25) is 9.69 Å². The summed E-state index contributed by atoms with van der Waals surface area (Å²) in [6.45, 7) is 3.07. The molecule has 1 N–H and O–H groups in total. The summed E-state index contributed by atoms with van der Waals surface area (Å²) >= 11 is 0. The maximum absolute atomic E-state index is 13.1. The summed E-state index contributed by atoms with van der Waals surface area (Å²) in [5, 5.41) is 3.07. The van der Waals surface area contributed by atoms with Crippen molar-refractivity contribution >= 4 is 22.6 Å². The molecule has 1 atom stereocenters. The van der Waals surface area contributed by atoms with Crippen LogP contribution in [-0.4, -0.2) is 47.7 Å². The van der Waals surface area contributed by atoms with E-state index in [1.807, 2.05) is 42.5 Å². The van der Waals surface area contributed by atoms with Gasteiger partial charge in [0.05, 0.1) is 43.4 Å². The van der Waals surface area contributed by atoms with E-state index in [0.717, 1.165) is 48.5 Å². The lowest BCUT2D eigenvalue weighted by Crippen LogP contribution is -2.40. The van der Waals surface area contributed by atoms with Crippen LogP contribution in [-0.2, 0) is 17.9 Å². The standard InChI is InChI=1S/C29H32N4O3/c1-35-23-15-13-21(14-16-23)18-33-26-11-5-3-9-24(26)30-28(33)20-32-17-7-8-22(19-32)29(34)31-25-10-4-6-12-27(25)36-2/h3-6,9-16,22H,7-8,17-20H2,1-2H3,(H,31,34)/t22-/m0/s1. The maximum atomic E-state index is 13.1. The molecule has 0 aliphatic carbocycles. The molecule has 7 nitrogen and oxygen atoms in total. The third-order valence-electron chi connectivity index (χ3n) is 6.84. The molecule has 0 spiro atoms. The van der Waals surface area contributed by atoms with Crippen LogP contribution in [0.4, 0.5) is 5.69 Å². The van der Waals surface area contributed by atoms with E-state index in [1.54, 1.807) is 14.2 Å². The van der Waals surface area contributed by atoms with Gasteiger partial charge in [0.15, 0.2) is 0 Å². The molecule has 1 saturated heterocycles. The van der Waals surface area contributed by atoms with Gasteiger partial charge in [-0.05, 0) is 61.3 Å². The van der Waals surface area contributed by atoms with Gasteiger partial charge in [-0.2, -0.15) is 0 Å². The van der Waals surface area contributed by atoms with Gasteiger partial charge in [0.1, 0.15) is 17.3 Å². The SMILES string of the molecule is COc1ccc(Cn2c(CN3CCC[C@H](C(=O)Nc4ccccc4OC)C3)nc3ccccc32)cc1. The van der Waals surface area contributed by atoms with Gasteiger partial charge in [-0.25, -0.2) is 4.98 Å². The Bertz CT molecular complexity index is 1330.